The first-order chi connectivity index (χ1) is 8.47. The fraction of sp³-hybridized carbons (Fsp3) is 0.417. The van der Waals surface area contributed by atoms with Crippen LogP contribution in [0.5, 0.6) is 0 Å². The van der Waals surface area contributed by atoms with Crippen LogP contribution in [0.25, 0.3) is 0 Å². The predicted octanol–water partition coefficient (Wildman–Crippen LogP) is 1.81. The Morgan fingerprint density at radius 3 is 2.72 bits per heavy atom. The summed E-state index contributed by atoms with van der Waals surface area (Å²) >= 11 is 1.78. The average Bonchev–Trinajstić information content (AvgIpc) is 3.08. The van der Waals surface area contributed by atoms with Gasteiger partial charge in [0.2, 0.25) is 0 Å². The summed E-state index contributed by atoms with van der Waals surface area (Å²) in [5.74, 6) is -1.11. The molecule has 6 heteroatoms. The predicted molar refractivity (Wildman–Crippen MR) is 73.3 cm³/mol. The van der Waals surface area contributed by atoms with Gasteiger partial charge in [0.1, 0.15) is 5.82 Å². The van der Waals surface area contributed by atoms with Crippen LogP contribution in [0.2, 0.25) is 0 Å². The number of anilines is 2. The highest BCUT2D eigenvalue weighted by atomic mass is 32.2. The number of amides is 1. The Hall–Kier alpha value is -1.43. The van der Waals surface area contributed by atoms with Crippen molar-refractivity contribution >= 4 is 29.0 Å². The number of carbonyl (C=O) groups is 1. The monoisotopic (exact) mass is 269 g/mol. The SMILES string of the molecule is CSC1(CNc2cc(C(N)=O)c(N)cc2F)CC1. The molecule has 0 spiro atoms. The zero-order valence-corrected chi connectivity index (χ0v) is 10.9. The Balaban J connectivity index is 2.17. The summed E-state index contributed by atoms with van der Waals surface area (Å²) in [6.45, 7) is 0.674. The highest BCUT2D eigenvalue weighted by Gasteiger charge is 2.41. The number of hydrogen-bond acceptors (Lipinski definition) is 4. The normalized spacial score (nSPS) is 16.3. The summed E-state index contributed by atoms with van der Waals surface area (Å²) in [7, 11) is 0. The van der Waals surface area contributed by atoms with Crippen molar-refractivity contribution in [3.05, 3.63) is 23.5 Å². The van der Waals surface area contributed by atoms with Crippen molar-refractivity contribution in [2.24, 2.45) is 5.73 Å². The van der Waals surface area contributed by atoms with Crippen LogP contribution in [0.1, 0.15) is 23.2 Å². The van der Waals surface area contributed by atoms with E-state index in [1.165, 1.54) is 6.07 Å². The zero-order valence-electron chi connectivity index (χ0n) is 10.1. The lowest BCUT2D eigenvalue weighted by molar-refractivity contribution is 0.100. The van der Waals surface area contributed by atoms with Crippen molar-refractivity contribution in [2.45, 2.75) is 17.6 Å². The number of hydrogen-bond donors (Lipinski definition) is 3. The van der Waals surface area contributed by atoms with Crippen LogP contribution < -0.4 is 16.8 Å². The number of nitrogen functional groups attached to an aromatic ring is 1. The smallest absolute Gasteiger partial charge is 0.250 e. The second-order valence-corrected chi connectivity index (χ2v) is 5.80. The molecule has 0 unspecified atom stereocenters. The van der Waals surface area contributed by atoms with E-state index in [4.69, 9.17) is 11.5 Å². The standard InChI is InChI=1S/C12H16FN3OS/c1-18-12(2-3-12)6-16-10-4-7(11(15)17)9(14)5-8(10)13/h4-5,16H,2-3,6,14H2,1H3,(H2,15,17). The molecule has 0 atom stereocenters. The van der Waals surface area contributed by atoms with Gasteiger partial charge < -0.3 is 16.8 Å². The second-order valence-electron chi connectivity index (χ2n) is 4.52. The Bertz CT molecular complexity index is 488. The molecule has 5 N–H and O–H groups in total. The van der Waals surface area contributed by atoms with Crippen LogP contribution in [0.4, 0.5) is 15.8 Å². The molecule has 0 heterocycles. The Morgan fingerprint density at radius 2 is 2.22 bits per heavy atom. The summed E-state index contributed by atoms with van der Waals surface area (Å²) < 4.78 is 13.9. The first-order valence-electron chi connectivity index (χ1n) is 5.65. The molecule has 18 heavy (non-hydrogen) atoms. The van der Waals surface area contributed by atoms with Crippen LogP contribution in [-0.4, -0.2) is 23.5 Å². The molecule has 0 aromatic heterocycles. The number of benzene rings is 1. The molecule has 4 nitrogen and oxygen atoms in total. The summed E-state index contributed by atoms with van der Waals surface area (Å²) in [5.41, 5.74) is 11.2. The lowest BCUT2D eigenvalue weighted by Crippen LogP contribution is -2.19. The molecule has 1 aromatic carbocycles. The molecule has 1 aliphatic rings. The first kappa shape index (κ1) is 13.0. The number of nitrogens with one attached hydrogen (secondary N) is 1. The van der Waals surface area contributed by atoms with Gasteiger partial charge in [-0.1, -0.05) is 0 Å². The van der Waals surface area contributed by atoms with E-state index in [0.717, 1.165) is 18.9 Å². The second kappa shape index (κ2) is 4.68. The lowest BCUT2D eigenvalue weighted by Gasteiger charge is -2.15. The molecule has 1 saturated carbocycles. The van der Waals surface area contributed by atoms with Crippen molar-refractivity contribution in [1.29, 1.82) is 0 Å². The zero-order chi connectivity index (χ0) is 13.3. The van der Waals surface area contributed by atoms with Gasteiger partial charge in [0.25, 0.3) is 5.91 Å². The molecule has 0 aliphatic heterocycles. The van der Waals surface area contributed by atoms with Gasteiger partial charge in [-0.15, -0.1) is 0 Å². The van der Waals surface area contributed by atoms with Crippen molar-refractivity contribution in [3.63, 3.8) is 0 Å². The third-order valence-corrected chi connectivity index (χ3v) is 4.66. The largest absolute Gasteiger partial charge is 0.398 e. The fourth-order valence-corrected chi connectivity index (χ4v) is 2.51. The molecule has 2 rings (SSSR count). The molecular formula is C12H16FN3OS. The number of nitrogens with two attached hydrogens (primary N) is 2. The summed E-state index contributed by atoms with van der Waals surface area (Å²) in [4.78, 5) is 11.1. The van der Waals surface area contributed by atoms with E-state index in [0.29, 0.717) is 6.54 Å². The highest BCUT2D eigenvalue weighted by molar-refractivity contribution is 8.00. The van der Waals surface area contributed by atoms with E-state index in [-0.39, 0.29) is 21.7 Å². The van der Waals surface area contributed by atoms with E-state index in [2.05, 4.69) is 5.32 Å². The Kier molecular flexibility index (Phi) is 3.38. The van der Waals surface area contributed by atoms with Crippen molar-refractivity contribution in [2.75, 3.05) is 23.9 Å². The number of primary amides is 1. The molecule has 0 saturated heterocycles. The molecule has 0 radical (unpaired) electrons. The van der Waals surface area contributed by atoms with Gasteiger partial charge in [-0.25, -0.2) is 4.39 Å². The maximum Gasteiger partial charge on any atom is 0.250 e. The van der Waals surface area contributed by atoms with Crippen molar-refractivity contribution < 1.29 is 9.18 Å². The van der Waals surface area contributed by atoms with Crippen LogP contribution in [0.3, 0.4) is 0 Å². The van der Waals surface area contributed by atoms with E-state index in [1.54, 1.807) is 11.8 Å². The van der Waals surface area contributed by atoms with Gasteiger partial charge in [0.05, 0.1) is 11.3 Å². The third-order valence-electron chi connectivity index (χ3n) is 3.25. The topological polar surface area (TPSA) is 81.1 Å². The van der Waals surface area contributed by atoms with E-state index < -0.39 is 11.7 Å². The number of rotatable bonds is 5. The van der Waals surface area contributed by atoms with E-state index in [9.17, 15) is 9.18 Å². The molecule has 1 aromatic rings. The fourth-order valence-electron chi connectivity index (χ4n) is 1.79. The van der Waals surface area contributed by atoms with Gasteiger partial charge in [-0.3, -0.25) is 4.79 Å². The van der Waals surface area contributed by atoms with Crippen LogP contribution in [0, 0.1) is 5.82 Å². The Morgan fingerprint density at radius 1 is 1.56 bits per heavy atom. The molecule has 0 bridgehead atoms. The van der Waals surface area contributed by atoms with Crippen molar-refractivity contribution in [3.8, 4) is 0 Å². The minimum atomic E-state index is -0.651. The van der Waals surface area contributed by atoms with Gasteiger partial charge >= 0.3 is 0 Å². The molecular weight excluding hydrogens is 253 g/mol. The van der Waals surface area contributed by atoms with Gasteiger partial charge in [0.15, 0.2) is 0 Å². The van der Waals surface area contributed by atoms with Gasteiger partial charge in [-0.05, 0) is 31.2 Å². The van der Waals surface area contributed by atoms with Crippen LogP contribution in [0.15, 0.2) is 12.1 Å². The van der Waals surface area contributed by atoms with Crippen molar-refractivity contribution in [1.82, 2.24) is 0 Å². The first-order valence-corrected chi connectivity index (χ1v) is 6.88. The van der Waals surface area contributed by atoms with Crippen LogP contribution in [-0.2, 0) is 0 Å². The maximum absolute atomic E-state index is 13.7. The summed E-state index contributed by atoms with van der Waals surface area (Å²) in [5, 5.41) is 3.03. The number of carbonyl (C=O) groups excluding carboxylic acids is 1. The summed E-state index contributed by atoms with van der Waals surface area (Å²) in [6.07, 6.45) is 4.30. The minimum absolute atomic E-state index is 0.0663. The maximum atomic E-state index is 13.7. The molecule has 1 amide bonds. The summed E-state index contributed by atoms with van der Waals surface area (Å²) in [6, 6.07) is 2.50. The van der Waals surface area contributed by atoms with Gasteiger partial charge in [-0.2, -0.15) is 11.8 Å². The van der Waals surface area contributed by atoms with E-state index in [1.807, 2.05) is 6.26 Å². The highest BCUT2D eigenvalue weighted by Crippen LogP contribution is 2.47. The molecule has 98 valence electrons. The Labute approximate surface area is 109 Å². The number of halogens is 1. The van der Waals surface area contributed by atoms with Gasteiger partial charge in [0, 0.05) is 17.0 Å². The molecule has 1 fully saturated rings. The average molecular weight is 269 g/mol. The van der Waals surface area contributed by atoms with Crippen LogP contribution >= 0.6 is 11.8 Å². The number of thioether (sulfide) groups is 1. The third kappa shape index (κ3) is 2.53. The lowest BCUT2D eigenvalue weighted by atomic mass is 10.1. The molecule has 1 aliphatic carbocycles. The van der Waals surface area contributed by atoms with E-state index >= 15 is 0 Å². The quantitative estimate of drug-likeness (QED) is 0.712. The minimum Gasteiger partial charge on any atom is -0.398 e.